The molecule has 0 radical (unpaired) electrons. The van der Waals surface area contributed by atoms with Gasteiger partial charge >= 0.3 is 0 Å². The van der Waals surface area contributed by atoms with Gasteiger partial charge in [-0.05, 0) is 61.8 Å². The normalized spacial score (nSPS) is 23.8. The highest BCUT2D eigenvalue weighted by atomic mass is 16.5. The molecule has 32 heavy (non-hydrogen) atoms. The largest absolute Gasteiger partial charge is 0.492 e. The first-order valence-corrected chi connectivity index (χ1v) is 12.2. The summed E-state index contributed by atoms with van der Waals surface area (Å²) in [6.45, 7) is 6.61. The molecule has 1 aromatic carbocycles. The van der Waals surface area contributed by atoms with Crippen LogP contribution in [0, 0.1) is 5.92 Å². The second kappa shape index (κ2) is 9.74. The van der Waals surface area contributed by atoms with Gasteiger partial charge in [0.15, 0.2) is 0 Å². The first kappa shape index (κ1) is 21.6. The number of aromatic nitrogens is 1. The zero-order valence-corrected chi connectivity index (χ0v) is 19.0. The molecule has 1 aromatic heterocycles. The molecule has 3 heterocycles. The van der Waals surface area contributed by atoms with Crippen LogP contribution in [0.4, 0.5) is 0 Å². The lowest BCUT2D eigenvalue weighted by Crippen LogP contribution is -2.42. The number of nitrogens with zero attached hydrogens (tertiary/aromatic N) is 3. The summed E-state index contributed by atoms with van der Waals surface area (Å²) < 4.78 is 6.08. The van der Waals surface area contributed by atoms with Crippen LogP contribution in [-0.2, 0) is 18.7 Å². The third kappa shape index (κ3) is 5.06. The number of pyridine rings is 1. The van der Waals surface area contributed by atoms with Gasteiger partial charge in [-0.3, -0.25) is 14.8 Å². The molecule has 1 saturated heterocycles. The molecule has 2 aromatic rings. The lowest BCUT2D eigenvalue weighted by atomic mass is 9.85. The Balaban J connectivity index is 1.20. The second-order valence-corrected chi connectivity index (χ2v) is 9.73. The number of aliphatic hydroxyl groups is 1. The highest BCUT2D eigenvalue weighted by Gasteiger charge is 2.34. The Morgan fingerprint density at radius 3 is 2.78 bits per heavy atom. The molecule has 170 valence electrons. The van der Waals surface area contributed by atoms with Crippen molar-refractivity contribution in [1.29, 1.82) is 0 Å². The number of hydrogen-bond donors (Lipinski definition) is 1. The van der Waals surface area contributed by atoms with Crippen LogP contribution in [0.3, 0.4) is 0 Å². The van der Waals surface area contributed by atoms with Gasteiger partial charge in [-0.1, -0.05) is 24.3 Å². The SMILES string of the molecule is OC1(c2cccnc2)CCN(Cc2ccc3c(c2)CN(CC2CC=CCC2)CCO3)CC1. The fourth-order valence-corrected chi connectivity index (χ4v) is 5.41. The van der Waals surface area contributed by atoms with E-state index in [1.54, 1.807) is 12.4 Å². The molecule has 1 aliphatic carbocycles. The summed E-state index contributed by atoms with van der Waals surface area (Å²) >= 11 is 0. The van der Waals surface area contributed by atoms with Crippen molar-refractivity contribution in [3.05, 3.63) is 71.6 Å². The van der Waals surface area contributed by atoms with Gasteiger partial charge in [0.2, 0.25) is 0 Å². The van der Waals surface area contributed by atoms with Crippen molar-refractivity contribution < 1.29 is 9.84 Å². The molecule has 1 atom stereocenters. The van der Waals surface area contributed by atoms with Crippen LogP contribution in [0.2, 0.25) is 0 Å². The van der Waals surface area contributed by atoms with Crippen molar-refractivity contribution in [1.82, 2.24) is 14.8 Å². The predicted octanol–water partition coefficient (Wildman–Crippen LogP) is 4.12. The predicted molar refractivity (Wildman–Crippen MR) is 126 cm³/mol. The average molecular weight is 434 g/mol. The van der Waals surface area contributed by atoms with Crippen LogP contribution in [0.25, 0.3) is 0 Å². The first-order chi connectivity index (χ1) is 15.7. The maximum atomic E-state index is 11.1. The van der Waals surface area contributed by atoms with E-state index in [1.807, 2.05) is 12.1 Å². The minimum Gasteiger partial charge on any atom is -0.492 e. The number of likely N-dealkylation sites (tertiary alicyclic amines) is 1. The molecule has 1 fully saturated rings. The lowest BCUT2D eigenvalue weighted by Gasteiger charge is -2.38. The van der Waals surface area contributed by atoms with Crippen molar-refractivity contribution >= 4 is 0 Å². The summed E-state index contributed by atoms with van der Waals surface area (Å²) in [5.74, 6) is 1.82. The van der Waals surface area contributed by atoms with Gasteiger partial charge in [-0.2, -0.15) is 0 Å². The van der Waals surface area contributed by atoms with Gasteiger partial charge in [-0.25, -0.2) is 0 Å². The molecule has 0 bridgehead atoms. The minimum atomic E-state index is -0.749. The molecule has 0 saturated carbocycles. The Hall–Kier alpha value is -2.21. The number of allylic oxidation sites excluding steroid dienone is 2. The zero-order valence-electron chi connectivity index (χ0n) is 19.0. The molecule has 5 nitrogen and oxygen atoms in total. The van der Waals surface area contributed by atoms with Gasteiger partial charge in [0.05, 0.1) is 5.60 Å². The fourth-order valence-electron chi connectivity index (χ4n) is 5.41. The van der Waals surface area contributed by atoms with Crippen molar-refractivity contribution in [2.75, 3.05) is 32.8 Å². The van der Waals surface area contributed by atoms with Crippen molar-refractivity contribution in [3.63, 3.8) is 0 Å². The Labute approximate surface area is 191 Å². The summed E-state index contributed by atoms with van der Waals surface area (Å²) in [7, 11) is 0. The van der Waals surface area contributed by atoms with Crippen molar-refractivity contribution in [3.8, 4) is 5.75 Å². The number of fused-ring (bicyclic) bond motifs is 1. The van der Waals surface area contributed by atoms with Crippen LogP contribution in [0.1, 0.15) is 48.8 Å². The standard InChI is InChI=1S/C27H35N3O2/c31-27(25-7-4-12-28-18-25)10-13-29(14-11-27)20-23-8-9-26-24(17-23)21-30(15-16-32-26)19-22-5-2-1-3-6-22/h1-2,4,7-9,12,17-18,22,31H,3,5-6,10-11,13-16,19-21H2. The summed E-state index contributed by atoms with van der Waals surface area (Å²) in [5, 5.41) is 11.1. The smallest absolute Gasteiger partial charge is 0.123 e. The molecule has 0 spiro atoms. The van der Waals surface area contributed by atoms with Crippen LogP contribution in [0.15, 0.2) is 54.9 Å². The van der Waals surface area contributed by atoms with E-state index in [0.29, 0.717) is 0 Å². The van der Waals surface area contributed by atoms with E-state index >= 15 is 0 Å². The molecule has 1 N–H and O–H groups in total. The number of hydrogen-bond acceptors (Lipinski definition) is 5. The topological polar surface area (TPSA) is 48.8 Å². The van der Waals surface area contributed by atoms with E-state index < -0.39 is 5.60 Å². The fraction of sp³-hybridized carbons (Fsp3) is 0.519. The Kier molecular flexibility index (Phi) is 6.58. The van der Waals surface area contributed by atoms with E-state index in [1.165, 1.54) is 30.4 Å². The summed E-state index contributed by atoms with van der Waals surface area (Å²) in [4.78, 5) is 9.22. The molecule has 5 heteroatoms. The zero-order chi connectivity index (χ0) is 21.8. The number of rotatable bonds is 5. The maximum absolute atomic E-state index is 11.1. The molecular weight excluding hydrogens is 398 g/mol. The van der Waals surface area contributed by atoms with E-state index in [2.05, 4.69) is 45.1 Å². The quantitative estimate of drug-likeness (QED) is 0.719. The molecule has 1 unspecified atom stereocenters. The summed E-state index contributed by atoms with van der Waals surface area (Å²) in [6, 6.07) is 10.6. The molecule has 5 rings (SSSR count). The van der Waals surface area contributed by atoms with Crippen LogP contribution >= 0.6 is 0 Å². The first-order valence-electron chi connectivity index (χ1n) is 12.2. The highest BCUT2D eigenvalue weighted by Crippen LogP contribution is 2.33. The summed E-state index contributed by atoms with van der Waals surface area (Å²) in [5.41, 5.74) is 2.84. The van der Waals surface area contributed by atoms with Gasteiger partial charge in [-0.15, -0.1) is 0 Å². The van der Waals surface area contributed by atoms with Crippen LogP contribution in [-0.4, -0.2) is 52.7 Å². The Morgan fingerprint density at radius 2 is 2.00 bits per heavy atom. The van der Waals surface area contributed by atoms with Gasteiger partial charge < -0.3 is 9.84 Å². The molecule has 0 amide bonds. The van der Waals surface area contributed by atoms with Crippen LogP contribution < -0.4 is 4.74 Å². The third-order valence-electron chi connectivity index (χ3n) is 7.37. The number of benzene rings is 1. The Morgan fingerprint density at radius 1 is 1.09 bits per heavy atom. The van der Waals surface area contributed by atoms with Gasteiger partial charge in [0.1, 0.15) is 12.4 Å². The van der Waals surface area contributed by atoms with E-state index in [4.69, 9.17) is 4.74 Å². The third-order valence-corrected chi connectivity index (χ3v) is 7.37. The van der Waals surface area contributed by atoms with Gasteiger partial charge in [0, 0.05) is 62.8 Å². The minimum absolute atomic E-state index is 0.746. The van der Waals surface area contributed by atoms with Crippen molar-refractivity contribution in [2.45, 2.75) is 50.8 Å². The monoisotopic (exact) mass is 433 g/mol. The highest BCUT2D eigenvalue weighted by molar-refractivity contribution is 5.38. The van der Waals surface area contributed by atoms with E-state index in [0.717, 1.165) is 75.9 Å². The van der Waals surface area contributed by atoms with E-state index in [9.17, 15) is 5.11 Å². The molecule has 2 aliphatic heterocycles. The van der Waals surface area contributed by atoms with Gasteiger partial charge in [0.25, 0.3) is 0 Å². The maximum Gasteiger partial charge on any atom is 0.123 e. The Bertz CT molecular complexity index is 922. The van der Waals surface area contributed by atoms with Crippen LogP contribution in [0.5, 0.6) is 5.75 Å². The van der Waals surface area contributed by atoms with E-state index in [-0.39, 0.29) is 0 Å². The van der Waals surface area contributed by atoms with Crippen molar-refractivity contribution in [2.24, 2.45) is 5.92 Å². The number of ether oxygens (including phenoxy) is 1. The molecular formula is C27H35N3O2. The second-order valence-electron chi connectivity index (χ2n) is 9.73. The lowest BCUT2D eigenvalue weighted by molar-refractivity contribution is -0.0279. The summed E-state index contributed by atoms with van der Waals surface area (Å²) in [6.07, 6.45) is 13.5. The number of piperidine rings is 1. The molecule has 3 aliphatic rings. The average Bonchev–Trinajstić information content (AvgIpc) is 3.03.